The van der Waals surface area contributed by atoms with Gasteiger partial charge in [-0.3, -0.25) is 0 Å². The molecular formula is C16H22N2O2. The summed E-state index contributed by atoms with van der Waals surface area (Å²) in [4.78, 5) is 4.34. The largest absolute Gasteiger partial charge is 0.493 e. The molecule has 0 spiro atoms. The van der Waals surface area contributed by atoms with Crippen molar-refractivity contribution in [3.05, 3.63) is 30.6 Å². The zero-order valence-electron chi connectivity index (χ0n) is 12.4. The highest BCUT2D eigenvalue weighted by molar-refractivity contribution is 5.61. The fraction of sp³-hybridized carbons (Fsp3) is 0.438. The molecule has 0 bridgehead atoms. The number of nitrogens with zero attached hydrogens (tertiary/aromatic N) is 2. The van der Waals surface area contributed by atoms with Gasteiger partial charge in [0.2, 0.25) is 0 Å². The Hall–Kier alpha value is -1.97. The monoisotopic (exact) mass is 274 g/mol. The SMILES string of the molecule is CCCCCOc1ccc(-c2nccn2C)cc1OC. The third kappa shape index (κ3) is 3.32. The summed E-state index contributed by atoms with van der Waals surface area (Å²) in [5.41, 5.74) is 1.02. The van der Waals surface area contributed by atoms with E-state index in [4.69, 9.17) is 9.47 Å². The van der Waals surface area contributed by atoms with Gasteiger partial charge in [0.15, 0.2) is 11.5 Å². The lowest BCUT2D eigenvalue weighted by Gasteiger charge is -2.12. The fourth-order valence-electron chi connectivity index (χ4n) is 2.10. The van der Waals surface area contributed by atoms with Crippen LogP contribution in [0.2, 0.25) is 0 Å². The molecule has 0 saturated heterocycles. The second-order valence-electron chi connectivity index (χ2n) is 4.78. The van der Waals surface area contributed by atoms with Crippen LogP contribution in [-0.4, -0.2) is 23.3 Å². The molecule has 0 amide bonds. The lowest BCUT2D eigenvalue weighted by atomic mass is 10.2. The van der Waals surface area contributed by atoms with Gasteiger partial charge >= 0.3 is 0 Å². The Balaban J connectivity index is 2.14. The van der Waals surface area contributed by atoms with Crippen molar-refractivity contribution in [1.29, 1.82) is 0 Å². The van der Waals surface area contributed by atoms with Crippen LogP contribution in [0.15, 0.2) is 30.6 Å². The van der Waals surface area contributed by atoms with Gasteiger partial charge in [0, 0.05) is 25.0 Å². The summed E-state index contributed by atoms with van der Waals surface area (Å²) in [6.07, 6.45) is 7.17. The number of methoxy groups -OCH3 is 1. The number of rotatable bonds is 7. The molecule has 0 saturated carbocycles. The summed E-state index contributed by atoms with van der Waals surface area (Å²) < 4.78 is 13.2. The van der Waals surface area contributed by atoms with Gasteiger partial charge in [0.25, 0.3) is 0 Å². The maximum Gasteiger partial charge on any atom is 0.161 e. The van der Waals surface area contributed by atoms with Crippen molar-refractivity contribution in [2.75, 3.05) is 13.7 Å². The first-order chi connectivity index (χ1) is 9.76. The number of hydrogen-bond donors (Lipinski definition) is 0. The molecule has 0 aliphatic carbocycles. The van der Waals surface area contributed by atoms with Crippen molar-refractivity contribution < 1.29 is 9.47 Å². The highest BCUT2D eigenvalue weighted by Gasteiger charge is 2.09. The van der Waals surface area contributed by atoms with E-state index < -0.39 is 0 Å². The molecule has 0 aliphatic heterocycles. The third-order valence-electron chi connectivity index (χ3n) is 3.25. The molecule has 2 aromatic rings. The Bertz CT molecular complexity index is 549. The summed E-state index contributed by atoms with van der Waals surface area (Å²) >= 11 is 0. The fourth-order valence-corrected chi connectivity index (χ4v) is 2.10. The van der Waals surface area contributed by atoms with Gasteiger partial charge in [0.05, 0.1) is 13.7 Å². The van der Waals surface area contributed by atoms with E-state index in [9.17, 15) is 0 Å². The molecule has 0 aliphatic rings. The predicted octanol–water partition coefficient (Wildman–Crippen LogP) is 3.66. The van der Waals surface area contributed by atoms with Crippen LogP contribution in [0.25, 0.3) is 11.4 Å². The highest BCUT2D eigenvalue weighted by Crippen LogP contribution is 2.31. The van der Waals surface area contributed by atoms with Crippen LogP contribution >= 0.6 is 0 Å². The van der Waals surface area contributed by atoms with Gasteiger partial charge in [-0.25, -0.2) is 4.98 Å². The third-order valence-corrected chi connectivity index (χ3v) is 3.25. The molecule has 1 heterocycles. The molecule has 0 atom stereocenters. The molecule has 1 aromatic heterocycles. The number of aromatic nitrogens is 2. The second kappa shape index (κ2) is 6.98. The van der Waals surface area contributed by atoms with Crippen LogP contribution in [0.5, 0.6) is 11.5 Å². The van der Waals surface area contributed by atoms with Crippen LogP contribution in [-0.2, 0) is 7.05 Å². The van der Waals surface area contributed by atoms with Crippen molar-refractivity contribution in [3.8, 4) is 22.9 Å². The summed E-state index contributed by atoms with van der Waals surface area (Å²) in [7, 11) is 3.64. The zero-order valence-corrected chi connectivity index (χ0v) is 12.4. The Kier molecular flexibility index (Phi) is 5.04. The van der Waals surface area contributed by atoms with Crippen molar-refractivity contribution in [2.24, 2.45) is 7.05 Å². The number of aryl methyl sites for hydroxylation is 1. The lowest BCUT2D eigenvalue weighted by Crippen LogP contribution is -2.00. The topological polar surface area (TPSA) is 36.3 Å². The molecule has 4 nitrogen and oxygen atoms in total. The van der Waals surface area contributed by atoms with Crippen molar-refractivity contribution in [2.45, 2.75) is 26.2 Å². The minimum absolute atomic E-state index is 0.728. The van der Waals surface area contributed by atoms with Crippen LogP contribution in [0.3, 0.4) is 0 Å². The minimum atomic E-state index is 0.728. The van der Waals surface area contributed by atoms with Gasteiger partial charge in [-0.2, -0.15) is 0 Å². The Labute approximate surface area is 120 Å². The predicted molar refractivity (Wildman–Crippen MR) is 80.2 cm³/mol. The maximum atomic E-state index is 5.78. The van der Waals surface area contributed by atoms with Gasteiger partial charge < -0.3 is 14.0 Å². The quantitative estimate of drug-likeness (QED) is 0.723. The minimum Gasteiger partial charge on any atom is -0.493 e. The lowest BCUT2D eigenvalue weighted by molar-refractivity contribution is 0.286. The second-order valence-corrected chi connectivity index (χ2v) is 4.78. The van der Waals surface area contributed by atoms with E-state index in [2.05, 4.69) is 11.9 Å². The molecule has 20 heavy (non-hydrogen) atoms. The van der Waals surface area contributed by atoms with E-state index in [0.29, 0.717) is 0 Å². The number of benzene rings is 1. The number of ether oxygens (including phenoxy) is 2. The molecule has 0 radical (unpaired) electrons. The average molecular weight is 274 g/mol. The molecule has 0 N–H and O–H groups in total. The van der Waals surface area contributed by atoms with Crippen molar-refractivity contribution >= 4 is 0 Å². The first-order valence-corrected chi connectivity index (χ1v) is 7.04. The van der Waals surface area contributed by atoms with E-state index >= 15 is 0 Å². The van der Waals surface area contributed by atoms with E-state index in [1.807, 2.05) is 36.0 Å². The molecule has 108 valence electrons. The van der Waals surface area contributed by atoms with E-state index in [-0.39, 0.29) is 0 Å². The smallest absolute Gasteiger partial charge is 0.161 e. The van der Waals surface area contributed by atoms with Crippen molar-refractivity contribution in [1.82, 2.24) is 9.55 Å². The van der Waals surface area contributed by atoms with Gasteiger partial charge in [-0.05, 0) is 24.6 Å². The number of unbranched alkanes of at least 4 members (excludes halogenated alkanes) is 2. The number of hydrogen-bond acceptors (Lipinski definition) is 3. The van der Waals surface area contributed by atoms with Crippen LogP contribution in [0.1, 0.15) is 26.2 Å². The first-order valence-electron chi connectivity index (χ1n) is 7.04. The standard InChI is InChI=1S/C16H22N2O2/c1-4-5-6-11-20-14-8-7-13(12-15(14)19-3)16-17-9-10-18(16)2/h7-10,12H,4-6,11H2,1-3H3. The Morgan fingerprint density at radius 1 is 1.20 bits per heavy atom. The van der Waals surface area contributed by atoms with Gasteiger partial charge in [0.1, 0.15) is 5.82 Å². The van der Waals surface area contributed by atoms with Gasteiger partial charge in [-0.1, -0.05) is 19.8 Å². The molecule has 0 fully saturated rings. The van der Waals surface area contributed by atoms with E-state index in [1.54, 1.807) is 13.3 Å². The van der Waals surface area contributed by atoms with E-state index in [1.165, 1.54) is 12.8 Å². The normalized spacial score (nSPS) is 10.6. The van der Waals surface area contributed by atoms with Crippen molar-refractivity contribution in [3.63, 3.8) is 0 Å². The zero-order chi connectivity index (χ0) is 14.4. The van der Waals surface area contributed by atoms with Gasteiger partial charge in [-0.15, -0.1) is 0 Å². The molecule has 4 heteroatoms. The molecule has 0 unspecified atom stereocenters. The molecule has 1 aromatic carbocycles. The highest BCUT2D eigenvalue weighted by atomic mass is 16.5. The van der Waals surface area contributed by atoms with Crippen LogP contribution in [0, 0.1) is 0 Å². The Morgan fingerprint density at radius 2 is 2.05 bits per heavy atom. The summed E-state index contributed by atoms with van der Waals surface area (Å²) in [6, 6.07) is 5.94. The molecular weight excluding hydrogens is 252 g/mol. The Morgan fingerprint density at radius 3 is 2.70 bits per heavy atom. The molecule has 2 rings (SSSR count). The van der Waals surface area contributed by atoms with Crippen LogP contribution < -0.4 is 9.47 Å². The average Bonchev–Trinajstić information content (AvgIpc) is 2.90. The van der Waals surface area contributed by atoms with E-state index in [0.717, 1.165) is 35.9 Å². The number of imidazole rings is 1. The maximum absolute atomic E-state index is 5.78. The first kappa shape index (κ1) is 14.4. The van der Waals surface area contributed by atoms with Crippen LogP contribution in [0.4, 0.5) is 0 Å². The summed E-state index contributed by atoms with van der Waals surface area (Å²) in [5, 5.41) is 0. The summed E-state index contributed by atoms with van der Waals surface area (Å²) in [6.45, 7) is 2.91. The summed E-state index contributed by atoms with van der Waals surface area (Å²) in [5.74, 6) is 2.46.